The highest BCUT2D eigenvalue weighted by molar-refractivity contribution is 5.81. The normalized spacial score (nSPS) is 23.7. The van der Waals surface area contributed by atoms with E-state index in [2.05, 4.69) is 15.2 Å². The minimum absolute atomic E-state index is 0.109. The predicted octanol–water partition coefficient (Wildman–Crippen LogP) is -0.281. The first-order valence-electron chi connectivity index (χ1n) is 7.12. The summed E-state index contributed by atoms with van der Waals surface area (Å²) in [7, 11) is 0. The van der Waals surface area contributed by atoms with Gasteiger partial charge in [0.1, 0.15) is 11.9 Å². The molecule has 6 heteroatoms. The van der Waals surface area contributed by atoms with E-state index >= 15 is 0 Å². The topological polar surface area (TPSA) is 57.7 Å². The average molecular weight is 276 g/mol. The van der Waals surface area contributed by atoms with Crippen LogP contribution in [0, 0.1) is 0 Å². The number of morpholine rings is 1. The van der Waals surface area contributed by atoms with Gasteiger partial charge in [-0.15, -0.1) is 0 Å². The van der Waals surface area contributed by atoms with E-state index in [-0.39, 0.29) is 12.0 Å². The van der Waals surface area contributed by atoms with Gasteiger partial charge in [0, 0.05) is 45.5 Å². The van der Waals surface area contributed by atoms with Gasteiger partial charge in [-0.05, 0) is 12.1 Å². The minimum Gasteiger partial charge on any atom is -0.366 e. The number of hydrogen-bond donors (Lipinski definition) is 1. The van der Waals surface area contributed by atoms with E-state index in [0.717, 1.165) is 38.5 Å². The maximum atomic E-state index is 12.3. The summed E-state index contributed by atoms with van der Waals surface area (Å²) in [6, 6.07) is 5.91. The van der Waals surface area contributed by atoms with Crippen LogP contribution in [0.3, 0.4) is 0 Å². The van der Waals surface area contributed by atoms with Crippen LogP contribution in [0.1, 0.15) is 0 Å². The molecule has 20 heavy (non-hydrogen) atoms. The molecule has 2 saturated heterocycles. The van der Waals surface area contributed by atoms with Gasteiger partial charge in [0.15, 0.2) is 0 Å². The molecule has 3 rings (SSSR count). The lowest BCUT2D eigenvalue weighted by atomic mass is 10.2. The largest absolute Gasteiger partial charge is 0.366 e. The Morgan fingerprint density at radius 1 is 1.30 bits per heavy atom. The highest BCUT2D eigenvalue weighted by Crippen LogP contribution is 2.13. The first kappa shape index (κ1) is 13.3. The Morgan fingerprint density at radius 3 is 2.80 bits per heavy atom. The van der Waals surface area contributed by atoms with Crippen molar-refractivity contribution in [3.05, 3.63) is 24.4 Å². The molecule has 0 aromatic carbocycles. The molecule has 2 fully saturated rings. The van der Waals surface area contributed by atoms with E-state index in [9.17, 15) is 4.79 Å². The van der Waals surface area contributed by atoms with Crippen LogP contribution in [0.2, 0.25) is 0 Å². The van der Waals surface area contributed by atoms with Crippen LogP contribution in [0.5, 0.6) is 0 Å². The maximum Gasteiger partial charge on any atom is 0.253 e. The molecule has 0 bridgehead atoms. The van der Waals surface area contributed by atoms with E-state index < -0.39 is 0 Å². The third-order valence-electron chi connectivity index (χ3n) is 3.77. The summed E-state index contributed by atoms with van der Waals surface area (Å²) in [6.07, 6.45) is 1.49. The Labute approximate surface area is 118 Å². The van der Waals surface area contributed by atoms with Gasteiger partial charge in [-0.25, -0.2) is 4.98 Å². The molecule has 1 unspecified atom stereocenters. The molecule has 1 amide bonds. The number of pyridine rings is 1. The number of rotatable bonds is 2. The van der Waals surface area contributed by atoms with Gasteiger partial charge in [0.05, 0.1) is 6.61 Å². The zero-order chi connectivity index (χ0) is 13.8. The summed E-state index contributed by atoms with van der Waals surface area (Å²) in [6.45, 7) is 5.18. The lowest BCUT2D eigenvalue weighted by molar-refractivity contribution is -0.145. The van der Waals surface area contributed by atoms with Crippen molar-refractivity contribution in [3.63, 3.8) is 0 Å². The number of anilines is 1. The van der Waals surface area contributed by atoms with E-state index in [4.69, 9.17) is 4.74 Å². The number of nitrogens with one attached hydrogen (secondary N) is 1. The van der Waals surface area contributed by atoms with Crippen LogP contribution in [0.4, 0.5) is 5.82 Å². The number of nitrogens with zero attached hydrogens (tertiary/aromatic N) is 3. The number of ether oxygens (including phenoxy) is 1. The van der Waals surface area contributed by atoms with E-state index in [1.54, 1.807) is 6.20 Å². The summed E-state index contributed by atoms with van der Waals surface area (Å²) >= 11 is 0. The summed E-state index contributed by atoms with van der Waals surface area (Å²) in [5.41, 5.74) is 0. The number of hydrogen-bond acceptors (Lipinski definition) is 5. The second-order valence-electron chi connectivity index (χ2n) is 5.06. The first-order chi connectivity index (χ1) is 9.84. The van der Waals surface area contributed by atoms with Crippen molar-refractivity contribution in [1.82, 2.24) is 15.2 Å². The number of piperazine rings is 1. The lowest BCUT2D eigenvalue weighted by Gasteiger charge is -2.37. The molecule has 108 valence electrons. The predicted molar refractivity (Wildman–Crippen MR) is 75.6 cm³/mol. The van der Waals surface area contributed by atoms with Gasteiger partial charge < -0.3 is 19.9 Å². The Morgan fingerprint density at radius 2 is 2.15 bits per heavy atom. The van der Waals surface area contributed by atoms with Gasteiger partial charge in [-0.2, -0.15) is 0 Å². The second-order valence-corrected chi connectivity index (χ2v) is 5.06. The van der Waals surface area contributed by atoms with E-state index in [1.165, 1.54) is 0 Å². The molecule has 0 spiro atoms. The van der Waals surface area contributed by atoms with Gasteiger partial charge in [-0.3, -0.25) is 4.79 Å². The van der Waals surface area contributed by atoms with Gasteiger partial charge >= 0.3 is 0 Å². The summed E-state index contributed by atoms with van der Waals surface area (Å²) in [4.78, 5) is 20.8. The molecule has 0 aliphatic carbocycles. The van der Waals surface area contributed by atoms with Crippen molar-refractivity contribution >= 4 is 11.7 Å². The smallest absolute Gasteiger partial charge is 0.253 e. The zero-order valence-electron chi connectivity index (χ0n) is 11.5. The Balaban J connectivity index is 1.54. The number of amides is 1. The third-order valence-corrected chi connectivity index (χ3v) is 3.77. The Bertz CT molecular complexity index is 440. The molecule has 3 heterocycles. The van der Waals surface area contributed by atoms with Crippen LogP contribution >= 0.6 is 0 Å². The quantitative estimate of drug-likeness (QED) is 0.805. The van der Waals surface area contributed by atoms with E-state index in [0.29, 0.717) is 13.2 Å². The summed E-state index contributed by atoms with van der Waals surface area (Å²) < 4.78 is 5.52. The van der Waals surface area contributed by atoms with Crippen molar-refractivity contribution in [2.75, 3.05) is 50.8 Å². The van der Waals surface area contributed by atoms with Crippen molar-refractivity contribution in [1.29, 1.82) is 0 Å². The van der Waals surface area contributed by atoms with Gasteiger partial charge in [-0.1, -0.05) is 6.07 Å². The van der Waals surface area contributed by atoms with Gasteiger partial charge in [0.25, 0.3) is 5.91 Å². The van der Waals surface area contributed by atoms with Crippen LogP contribution in [-0.4, -0.2) is 67.8 Å². The summed E-state index contributed by atoms with van der Waals surface area (Å²) in [5, 5.41) is 3.20. The minimum atomic E-state index is -0.315. The highest BCUT2D eigenvalue weighted by Gasteiger charge is 2.29. The summed E-state index contributed by atoms with van der Waals surface area (Å²) in [5.74, 6) is 1.09. The van der Waals surface area contributed by atoms with Crippen molar-refractivity contribution < 1.29 is 9.53 Å². The Kier molecular flexibility index (Phi) is 4.13. The number of aromatic nitrogens is 1. The standard InChI is InChI=1S/C14H20N4O2/c19-14(12-11-15-5-10-20-12)18-8-6-17(7-9-18)13-3-1-2-4-16-13/h1-4,12,15H,5-11H2. The molecule has 1 aromatic heterocycles. The second kappa shape index (κ2) is 6.19. The Hall–Kier alpha value is -1.66. The molecule has 1 atom stereocenters. The SMILES string of the molecule is O=C(C1CNCCO1)N1CCN(c2ccccn2)CC1. The molecule has 2 aliphatic heterocycles. The molecular weight excluding hydrogens is 256 g/mol. The highest BCUT2D eigenvalue weighted by atomic mass is 16.5. The molecule has 0 radical (unpaired) electrons. The van der Waals surface area contributed by atoms with Crippen LogP contribution in [0.15, 0.2) is 24.4 Å². The lowest BCUT2D eigenvalue weighted by Crippen LogP contribution is -2.55. The molecular formula is C14H20N4O2. The molecule has 6 nitrogen and oxygen atoms in total. The molecule has 0 saturated carbocycles. The molecule has 1 aromatic rings. The van der Waals surface area contributed by atoms with Crippen LogP contribution < -0.4 is 10.2 Å². The van der Waals surface area contributed by atoms with Crippen molar-refractivity contribution in [2.24, 2.45) is 0 Å². The average Bonchev–Trinajstić information content (AvgIpc) is 2.56. The fraction of sp³-hybridized carbons (Fsp3) is 0.571. The third kappa shape index (κ3) is 2.91. The fourth-order valence-corrected chi connectivity index (χ4v) is 2.62. The molecule has 1 N–H and O–H groups in total. The number of carbonyl (C=O) groups is 1. The monoisotopic (exact) mass is 276 g/mol. The van der Waals surface area contributed by atoms with Gasteiger partial charge in [0.2, 0.25) is 0 Å². The maximum absolute atomic E-state index is 12.3. The zero-order valence-corrected chi connectivity index (χ0v) is 11.5. The van der Waals surface area contributed by atoms with Crippen LogP contribution in [0.25, 0.3) is 0 Å². The molecule has 2 aliphatic rings. The van der Waals surface area contributed by atoms with Crippen molar-refractivity contribution in [3.8, 4) is 0 Å². The van der Waals surface area contributed by atoms with Crippen LogP contribution in [-0.2, 0) is 9.53 Å². The fourth-order valence-electron chi connectivity index (χ4n) is 2.62. The van der Waals surface area contributed by atoms with Crippen molar-refractivity contribution in [2.45, 2.75) is 6.10 Å². The first-order valence-corrected chi connectivity index (χ1v) is 7.12. The number of carbonyl (C=O) groups excluding carboxylic acids is 1. The van der Waals surface area contributed by atoms with E-state index in [1.807, 2.05) is 23.1 Å².